The Morgan fingerprint density at radius 1 is 0.811 bits per heavy atom. The maximum atomic E-state index is 13.0. The highest BCUT2D eigenvalue weighted by Gasteiger charge is 2.25. The number of hydrogen-bond acceptors (Lipinski definition) is 6. The number of carbonyl (C=O) groups is 5. The highest BCUT2D eigenvalue weighted by Crippen LogP contribution is 2.07. The molecule has 3 unspecified atom stereocenters. The monoisotopic (exact) mass is 518 g/mol. The van der Waals surface area contributed by atoms with E-state index >= 15 is 0 Å². The molecule has 0 saturated carbocycles. The second-order valence-electron chi connectivity index (χ2n) is 9.38. The number of nitrogens with two attached hydrogens (primary N) is 1. The predicted molar refractivity (Wildman–Crippen MR) is 141 cm³/mol. The zero-order valence-corrected chi connectivity index (χ0v) is 22.3. The van der Waals surface area contributed by atoms with Gasteiger partial charge in [0.25, 0.3) is 0 Å². The quantitative estimate of drug-likeness (QED) is 0.176. The molecule has 0 radical (unpaired) electrons. The van der Waals surface area contributed by atoms with Crippen LogP contribution in [0.15, 0.2) is 30.3 Å². The van der Waals surface area contributed by atoms with Gasteiger partial charge >= 0.3 is 0 Å². The topological polar surface area (TPSA) is 172 Å². The van der Waals surface area contributed by atoms with Gasteiger partial charge in [0.2, 0.25) is 29.5 Å². The molecule has 37 heavy (non-hydrogen) atoms. The van der Waals surface area contributed by atoms with Crippen LogP contribution in [0.2, 0.25) is 0 Å². The fourth-order valence-electron chi connectivity index (χ4n) is 3.79. The second kappa shape index (κ2) is 17.1. The van der Waals surface area contributed by atoms with Crippen molar-refractivity contribution in [1.29, 1.82) is 0 Å². The summed E-state index contributed by atoms with van der Waals surface area (Å²) in [6.07, 6.45) is 1.12. The van der Waals surface area contributed by atoms with Gasteiger partial charge in [-0.3, -0.25) is 24.0 Å². The van der Waals surface area contributed by atoms with Crippen molar-refractivity contribution in [1.82, 2.24) is 26.6 Å². The molecule has 206 valence electrons. The first kappa shape index (κ1) is 31.6. The van der Waals surface area contributed by atoms with Gasteiger partial charge in [-0.05, 0) is 38.2 Å². The minimum Gasteiger partial charge on any atom is -0.356 e. The highest BCUT2D eigenvalue weighted by molar-refractivity contribution is 5.93. The van der Waals surface area contributed by atoms with Gasteiger partial charge in [0.05, 0.1) is 13.1 Å². The molecule has 0 bridgehead atoms. The second-order valence-corrected chi connectivity index (χ2v) is 9.38. The molecule has 5 amide bonds. The van der Waals surface area contributed by atoms with Gasteiger partial charge in [-0.15, -0.1) is 0 Å². The molecule has 0 saturated heterocycles. The first-order valence-electron chi connectivity index (χ1n) is 12.7. The lowest BCUT2D eigenvalue weighted by atomic mass is 10.0. The van der Waals surface area contributed by atoms with Crippen molar-refractivity contribution in [3.63, 3.8) is 0 Å². The van der Waals surface area contributed by atoms with Crippen LogP contribution in [0.25, 0.3) is 0 Å². The van der Waals surface area contributed by atoms with Crippen molar-refractivity contribution < 1.29 is 24.0 Å². The zero-order valence-electron chi connectivity index (χ0n) is 22.3. The molecule has 7 N–H and O–H groups in total. The number of amides is 5. The fraction of sp³-hybridized carbons (Fsp3) is 0.577. The predicted octanol–water partition coefficient (Wildman–Crippen LogP) is -0.259. The Labute approximate surface area is 219 Å². The van der Waals surface area contributed by atoms with Crippen molar-refractivity contribution >= 4 is 29.5 Å². The SMILES string of the molecule is CCNC(=O)CCC(NC(=O)CN)C(=O)NCC(=O)NC(Cc1ccccc1)C(=O)NC(C)CC(C)C. The summed E-state index contributed by atoms with van der Waals surface area (Å²) in [6.45, 7) is 7.52. The molecule has 0 heterocycles. The fourth-order valence-corrected chi connectivity index (χ4v) is 3.79. The lowest BCUT2D eigenvalue weighted by Gasteiger charge is -2.23. The average molecular weight is 519 g/mol. The maximum Gasteiger partial charge on any atom is 0.243 e. The number of carbonyl (C=O) groups excluding carboxylic acids is 5. The molecular formula is C26H42N6O5. The minimum absolute atomic E-state index is 0.0108. The minimum atomic E-state index is -1.04. The van der Waals surface area contributed by atoms with Crippen molar-refractivity contribution in [2.75, 3.05) is 19.6 Å². The maximum absolute atomic E-state index is 13.0. The Bertz CT molecular complexity index is 893. The van der Waals surface area contributed by atoms with Gasteiger partial charge < -0.3 is 32.3 Å². The van der Waals surface area contributed by atoms with Crippen LogP contribution in [0.4, 0.5) is 0 Å². The molecule has 11 heteroatoms. The van der Waals surface area contributed by atoms with Crippen LogP contribution < -0.4 is 32.3 Å². The molecule has 11 nitrogen and oxygen atoms in total. The molecule has 0 aliphatic carbocycles. The van der Waals surface area contributed by atoms with Gasteiger partial charge in [-0.25, -0.2) is 0 Å². The molecule has 1 rings (SSSR count). The third kappa shape index (κ3) is 13.4. The highest BCUT2D eigenvalue weighted by atomic mass is 16.2. The number of rotatable bonds is 16. The Hall–Kier alpha value is -3.47. The van der Waals surface area contributed by atoms with E-state index in [-0.39, 0.29) is 43.7 Å². The van der Waals surface area contributed by atoms with E-state index < -0.39 is 36.3 Å². The Kier molecular flexibility index (Phi) is 14.6. The van der Waals surface area contributed by atoms with Crippen LogP contribution in [0.3, 0.4) is 0 Å². The van der Waals surface area contributed by atoms with Crippen molar-refractivity contribution in [3.05, 3.63) is 35.9 Å². The third-order valence-corrected chi connectivity index (χ3v) is 5.44. The van der Waals surface area contributed by atoms with Crippen LogP contribution in [0, 0.1) is 5.92 Å². The van der Waals surface area contributed by atoms with E-state index in [4.69, 9.17) is 5.73 Å². The van der Waals surface area contributed by atoms with Crippen molar-refractivity contribution in [3.8, 4) is 0 Å². The van der Waals surface area contributed by atoms with Gasteiger partial charge in [-0.2, -0.15) is 0 Å². The number of nitrogens with one attached hydrogen (secondary N) is 5. The Morgan fingerprint density at radius 3 is 2.05 bits per heavy atom. The van der Waals surface area contributed by atoms with Gasteiger partial charge in [-0.1, -0.05) is 44.2 Å². The van der Waals surface area contributed by atoms with Gasteiger partial charge in [0.15, 0.2) is 0 Å². The summed E-state index contributed by atoms with van der Waals surface area (Å²) < 4.78 is 0. The van der Waals surface area contributed by atoms with Gasteiger partial charge in [0, 0.05) is 25.4 Å². The smallest absolute Gasteiger partial charge is 0.243 e. The number of benzene rings is 1. The lowest BCUT2D eigenvalue weighted by molar-refractivity contribution is -0.131. The van der Waals surface area contributed by atoms with Crippen LogP contribution in [0.5, 0.6) is 0 Å². The van der Waals surface area contributed by atoms with E-state index in [2.05, 4.69) is 40.4 Å². The van der Waals surface area contributed by atoms with E-state index in [1.807, 2.05) is 37.3 Å². The first-order chi connectivity index (χ1) is 17.5. The summed E-state index contributed by atoms with van der Waals surface area (Å²) in [6, 6.07) is 7.35. The van der Waals surface area contributed by atoms with E-state index in [0.717, 1.165) is 12.0 Å². The summed E-state index contributed by atoms with van der Waals surface area (Å²) in [5.74, 6) is -1.93. The first-order valence-corrected chi connectivity index (χ1v) is 12.7. The van der Waals surface area contributed by atoms with Crippen LogP contribution in [0.1, 0.15) is 52.5 Å². The molecule has 1 aromatic carbocycles. The third-order valence-electron chi connectivity index (χ3n) is 5.44. The van der Waals surface area contributed by atoms with E-state index in [1.165, 1.54) is 0 Å². The largest absolute Gasteiger partial charge is 0.356 e. The van der Waals surface area contributed by atoms with E-state index in [0.29, 0.717) is 12.5 Å². The lowest BCUT2D eigenvalue weighted by Crippen LogP contribution is -2.54. The molecule has 0 aliphatic heterocycles. The van der Waals surface area contributed by atoms with Crippen LogP contribution in [-0.4, -0.2) is 67.3 Å². The summed E-state index contributed by atoms with van der Waals surface area (Å²) in [4.78, 5) is 61.9. The molecule has 1 aromatic rings. The van der Waals surface area contributed by atoms with Gasteiger partial charge in [0.1, 0.15) is 12.1 Å². The normalized spacial score (nSPS) is 13.1. The molecule has 0 spiro atoms. The molecule has 0 aliphatic rings. The summed E-state index contributed by atoms with van der Waals surface area (Å²) in [7, 11) is 0. The van der Waals surface area contributed by atoms with Crippen molar-refractivity contribution in [2.24, 2.45) is 11.7 Å². The number of hydrogen-bond donors (Lipinski definition) is 6. The molecule has 0 aromatic heterocycles. The average Bonchev–Trinajstić information content (AvgIpc) is 2.84. The summed E-state index contributed by atoms with van der Waals surface area (Å²) in [5.41, 5.74) is 6.20. The van der Waals surface area contributed by atoms with Crippen LogP contribution in [-0.2, 0) is 30.4 Å². The zero-order chi connectivity index (χ0) is 27.8. The van der Waals surface area contributed by atoms with E-state index in [9.17, 15) is 24.0 Å². The Morgan fingerprint density at radius 2 is 1.46 bits per heavy atom. The Balaban J connectivity index is 2.80. The molecule has 0 fully saturated rings. The van der Waals surface area contributed by atoms with E-state index in [1.54, 1.807) is 6.92 Å². The van der Waals surface area contributed by atoms with Crippen LogP contribution >= 0.6 is 0 Å². The summed E-state index contributed by atoms with van der Waals surface area (Å²) >= 11 is 0. The summed E-state index contributed by atoms with van der Waals surface area (Å²) in [5, 5.41) is 13.2. The molecular weight excluding hydrogens is 476 g/mol. The van der Waals surface area contributed by atoms with Crippen molar-refractivity contribution in [2.45, 2.75) is 71.5 Å². The molecule has 3 atom stereocenters. The standard InChI is InChI=1S/C26H42N6O5/c1-5-28-22(33)12-11-20(31-23(34)15-27)25(36)29-16-24(35)32-21(14-19-9-7-6-8-10-19)26(37)30-18(4)13-17(2)3/h6-10,17-18,20-21H,5,11-16,27H2,1-4H3,(H,28,33)(H,29,36)(H,30,37)(H,31,34)(H,32,35).